The van der Waals surface area contributed by atoms with Gasteiger partial charge in [-0.05, 0) is 42.2 Å². The van der Waals surface area contributed by atoms with Crippen LogP contribution in [-0.2, 0) is 11.2 Å². The molecule has 2 aliphatic rings. The Balaban J connectivity index is 1.50. The van der Waals surface area contributed by atoms with E-state index in [1.54, 1.807) is 23.1 Å². The topological polar surface area (TPSA) is 58.6 Å². The van der Waals surface area contributed by atoms with Gasteiger partial charge in [0.15, 0.2) is 6.61 Å². The summed E-state index contributed by atoms with van der Waals surface area (Å²) in [5, 5.41) is 2.75. The van der Waals surface area contributed by atoms with Gasteiger partial charge in [0.2, 0.25) is 0 Å². The van der Waals surface area contributed by atoms with Crippen molar-refractivity contribution in [3.63, 3.8) is 0 Å². The fraction of sp³-hybridized carbons (Fsp3) is 0.300. The first kappa shape index (κ1) is 15.7. The van der Waals surface area contributed by atoms with Gasteiger partial charge in [0, 0.05) is 25.1 Å². The lowest BCUT2D eigenvalue weighted by atomic mass is 10.0. The summed E-state index contributed by atoms with van der Waals surface area (Å²) in [6.07, 6.45) is 2.15. The second kappa shape index (κ2) is 6.24. The number of benzene rings is 2. The first-order valence-electron chi connectivity index (χ1n) is 8.52. The van der Waals surface area contributed by atoms with Gasteiger partial charge in [-0.1, -0.05) is 24.3 Å². The molecule has 1 aliphatic heterocycles. The van der Waals surface area contributed by atoms with Crippen LogP contribution in [0.25, 0.3) is 0 Å². The van der Waals surface area contributed by atoms with Gasteiger partial charge in [-0.25, -0.2) is 0 Å². The van der Waals surface area contributed by atoms with Crippen molar-refractivity contribution in [2.45, 2.75) is 18.8 Å². The molecule has 1 aliphatic carbocycles. The minimum atomic E-state index is -0.201. The third kappa shape index (κ3) is 2.97. The number of likely N-dealkylation sites (N-methyl/N-ethyl adjacent to an activating group) is 1. The normalized spacial score (nSPS) is 18.0. The fourth-order valence-electron chi connectivity index (χ4n) is 3.69. The van der Waals surface area contributed by atoms with E-state index in [0.29, 0.717) is 29.5 Å². The van der Waals surface area contributed by atoms with E-state index in [-0.39, 0.29) is 18.4 Å². The number of hydrogen-bond acceptors (Lipinski definition) is 3. The highest BCUT2D eigenvalue weighted by Gasteiger charge is 2.25. The summed E-state index contributed by atoms with van der Waals surface area (Å²) in [6, 6.07) is 13.6. The summed E-state index contributed by atoms with van der Waals surface area (Å²) in [5.74, 6) is 0.731. The van der Waals surface area contributed by atoms with Crippen molar-refractivity contribution in [2.75, 3.05) is 25.5 Å². The Kier molecular flexibility index (Phi) is 3.92. The molecular formula is C20H20N2O3. The van der Waals surface area contributed by atoms with Crippen molar-refractivity contribution in [1.82, 2.24) is 4.90 Å². The summed E-state index contributed by atoms with van der Waals surface area (Å²) < 4.78 is 5.34. The summed E-state index contributed by atoms with van der Waals surface area (Å²) >= 11 is 0. The van der Waals surface area contributed by atoms with E-state index < -0.39 is 0 Å². The zero-order valence-corrected chi connectivity index (χ0v) is 14.1. The van der Waals surface area contributed by atoms with Gasteiger partial charge in [-0.15, -0.1) is 0 Å². The van der Waals surface area contributed by atoms with Gasteiger partial charge in [0.1, 0.15) is 5.75 Å². The molecule has 5 nitrogen and oxygen atoms in total. The predicted molar refractivity (Wildman–Crippen MR) is 95.0 cm³/mol. The molecule has 0 saturated heterocycles. The van der Waals surface area contributed by atoms with E-state index >= 15 is 0 Å². The minimum absolute atomic E-state index is 0.0152. The smallest absolute Gasteiger partial charge is 0.262 e. The molecule has 2 aromatic rings. The summed E-state index contributed by atoms with van der Waals surface area (Å²) in [7, 11) is 1.83. The number of carbonyl (C=O) groups excluding carboxylic acids is 2. The molecule has 2 amide bonds. The molecule has 0 aromatic heterocycles. The van der Waals surface area contributed by atoms with Crippen LogP contribution in [0.3, 0.4) is 0 Å². The SMILES string of the molecule is CN(CC1CCc2ccccc21)C(=O)c1ccc2c(c1)NC(=O)CO2. The zero-order valence-electron chi connectivity index (χ0n) is 14.1. The van der Waals surface area contributed by atoms with Crippen LogP contribution in [0.1, 0.15) is 33.8 Å². The van der Waals surface area contributed by atoms with Crippen LogP contribution in [-0.4, -0.2) is 36.9 Å². The highest BCUT2D eigenvalue weighted by atomic mass is 16.5. The number of ether oxygens (including phenoxy) is 1. The molecule has 4 rings (SSSR count). The minimum Gasteiger partial charge on any atom is -0.482 e. The maximum absolute atomic E-state index is 12.8. The van der Waals surface area contributed by atoms with E-state index in [1.807, 2.05) is 7.05 Å². The molecule has 0 saturated carbocycles. The first-order valence-corrected chi connectivity index (χ1v) is 8.52. The molecule has 0 spiro atoms. The van der Waals surface area contributed by atoms with Gasteiger partial charge in [0.05, 0.1) is 5.69 Å². The summed E-state index contributed by atoms with van der Waals surface area (Å²) in [5.41, 5.74) is 3.86. The van der Waals surface area contributed by atoms with Crippen LogP contribution in [0, 0.1) is 0 Å². The van der Waals surface area contributed by atoms with E-state index in [1.165, 1.54) is 11.1 Å². The van der Waals surface area contributed by atoms with Gasteiger partial charge < -0.3 is 15.0 Å². The molecule has 1 atom stereocenters. The molecule has 2 aromatic carbocycles. The second-order valence-corrected chi connectivity index (χ2v) is 6.67. The van der Waals surface area contributed by atoms with E-state index in [4.69, 9.17) is 4.74 Å². The summed E-state index contributed by atoms with van der Waals surface area (Å²) in [4.78, 5) is 26.0. The predicted octanol–water partition coefficient (Wildman–Crippen LogP) is 2.82. The number of carbonyl (C=O) groups is 2. The molecule has 0 fully saturated rings. The zero-order chi connectivity index (χ0) is 17.4. The maximum Gasteiger partial charge on any atom is 0.262 e. The van der Waals surface area contributed by atoms with Crippen LogP contribution in [0.15, 0.2) is 42.5 Å². The van der Waals surface area contributed by atoms with Gasteiger partial charge in [-0.3, -0.25) is 9.59 Å². The first-order chi connectivity index (χ1) is 12.1. The number of nitrogens with zero attached hydrogens (tertiary/aromatic N) is 1. The van der Waals surface area contributed by atoms with Gasteiger partial charge in [0.25, 0.3) is 11.8 Å². The lowest BCUT2D eigenvalue weighted by Crippen LogP contribution is -2.31. The molecule has 0 radical (unpaired) electrons. The summed E-state index contributed by atoms with van der Waals surface area (Å²) in [6.45, 7) is 0.705. The number of aryl methyl sites for hydroxylation is 1. The number of fused-ring (bicyclic) bond motifs is 2. The number of amides is 2. The van der Waals surface area contributed by atoms with Crippen molar-refractivity contribution in [1.29, 1.82) is 0 Å². The Morgan fingerprint density at radius 2 is 2.12 bits per heavy atom. The number of rotatable bonds is 3. The highest BCUT2D eigenvalue weighted by molar-refractivity contribution is 5.99. The Hall–Kier alpha value is -2.82. The van der Waals surface area contributed by atoms with Gasteiger partial charge in [-0.2, -0.15) is 0 Å². The molecule has 128 valence electrons. The van der Waals surface area contributed by atoms with E-state index in [9.17, 15) is 9.59 Å². The molecule has 0 bridgehead atoms. The van der Waals surface area contributed by atoms with Crippen molar-refractivity contribution in [3.8, 4) is 5.75 Å². The number of nitrogens with one attached hydrogen (secondary N) is 1. The molecule has 1 heterocycles. The van der Waals surface area contributed by atoms with Crippen molar-refractivity contribution >= 4 is 17.5 Å². The molecule has 25 heavy (non-hydrogen) atoms. The quantitative estimate of drug-likeness (QED) is 0.938. The Labute approximate surface area is 146 Å². The third-order valence-electron chi connectivity index (χ3n) is 4.96. The van der Waals surface area contributed by atoms with Gasteiger partial charge >= 0.3 is 0 Å². The Bertz CT molecular complexity index is 847. The van der Waals surface area contributed by atoms with Crippen LogP contribution < -0.4 is 10.1 Å². The average molecular weight is 336 g/mol. The van der Waals surface area contributed by atoms with Crippen molar-refractivity contribution < 1.29 is 14.3 Å². The van der Waals surface area contributed by atoms with Crippen LogP contribution in [0.5, 0.6) is 5.75 Å². The van der Waals surface area contributed by atoms with Crippen LogP contribution >= 0.6 is 0 Å². The lowest BCUT2D eigenvalue weighted by Gasteiger charge is -2.23. The number of hydrogen-bond donors (Lipinski definition) is 1. The molecule has 1 N–H and O–H groups in total. The standard InChI is InChI=1S/C20H20N2O3/c1-22(11-15-7-6-13-4-2-3-5-16(13)15)20(24)14-8-9-18-17(10-14)21-19(23)12-25-18/h2-5,8-10,15H,6-7,11-12H2,1H3,(H,21,23). The van der Waals surface area contributed by atoms with Crippen LogP contribution in [0.4, 0.5) is 5.69 Å². The Morgan fingerprint density at radius 1 is 1.28 bits per heavy atom. The maximum atomic E-state index is 12.8. The molecule has 5 heteroatoms. The van der Waals surface area contributed by atoms with Crippen LogP contribution in [0.2, 0.25) is 0 Å². The monoisotopic (exact) mass is 336 g/mol. The van der Waals surface area contributed by atoms with E-state index in [0.717, 1.165) is 12.8 Å². The van der Waals surface area contributed by atoms with Crippen molar-refractivity contribution in [3.05, 3.63) is 59.2 Å². The molecule has 1 unspecified atom stereocenters. The van der Waals surface area contributed by atoms with E-state index in [2.05, 4.69) is 29.6 Å². The largest absolute Gasteiger partial charge is 0.482 e. The third-order valence-corrected chi connectivity index (χ3v) is 4.96. The second-order valence-electron chi connectivity index (χ2n) is 6.67. The number of anilines is 1. The van der Waals surface area contributed by atoms with Crippen molar-refractivity contribution in [2.24, 2.45) is 0 Å². The lowest BCUT2D eigenvalue weighted by molar-refractivity contribution is -0.118. The molecular weight excluding hydrogens is 316 g/mol. The highest BCUT2D eigenvalue weighted by Crippen LogP contribution is 2.34. The average Bonchev–Trinajstić information content (AvgIpc) is 3.03. The Morgan fingerprint density at radius 3 is 3.00 bits per heavy atom. The fourth-order valence-corrected chi connectivity index (χ4v) is 3.69.